The summed E-state index contributed by atoms with van der Waals surface area (Å²) in [6, 6.07) is 5.25. The molecule has 0 bridgehead atoms. The summed E-state index contributed by atoms with van der Waals surface area (Å²) >= 11 is 9.27. The Hall–Kier alpha value is -1.40. The largest absolute Gasteiger partial charge is 0.475 e. The summed E-state index contributed by atoms with van der Waals surface area (Å²) in [7, 11) is 0. The maximum atomic E-state index is 11.0. The van der Waals surface area contributed by atoms with Gasteiger partial charge < -0.3 is 5.11 Å². The van der Waals surface area contributed by atoms with Crippen LogP contribution >= 0.6 is 27.5 Å². The third kappa shape index (κ3) is 2.79. The van der Waals surface area contributed by atoms with Crippen molar-refractivity contribution in [2.24, 2.45) is 0 Å². The molecule has 19 heavy (non-hydrogen) atoms. The number of aromatic carboxylic acids is 1. The summed E-state index contributed by atoms with van der Waals surface area (Å²) in [6.45, 7) is 3.86. The molecule has 0 aliphatic carbocycles. The number of rotatable bonds is 3. The lowest BCUT2D eigenvalue weighted by Crippen LogP contribution is -2.05. The second-order valence-electron chi connectivity index (χ2n) is 4.26. The van der Waals surface area contributed by atoms with Crippen LogP contribution in [0.2, 0.25) is 5.02 Å². The molecule has 1 aromatic carbocycles. The summed E-state index contributed by atoms with van der Waals surface area (Å²) in [5.74, 6) is -0.717. The third-order valence-electron chi connectivity index (χ3n) is 2.49. The molecule has 0 fully saturated rings. The zero-order valence-corrected chi connectivity index (χ0v) is 12.6. The van der Waals surface area contributed by atoms with Gasteiger partial charge in [0.1, 0.15) is 5.82 Å². The van der Waals surface area contributed by atoms with Crippen LogP contribution in [0.3, 0.4) is 0 Å². The number of benzene rings is 1. The first-order chi connectivity index (χ1) is 8.90. The number of carboxylic acid groups (broad SMARTS) is 1. The molecule has 7 heteroatoms. The molecule has 0 atom stereocenters. The number of carboxylic acids is 1. The van der Waals surface area contributed by atoms with Gasteiger partial charge in [-0.15, -0.1) is 5.10 Å². The van der Waals surface area contributed by atoms with Crippen molar-refractivity contribution in [1.29, 1.82) is 0 Å². The van der Waals surface area contributed by atoms with E-state index in [9.17, 15) is 4.79 Å². The second-order valence-corrected chi connectivity index (χ2v) is 5.53. The normalized spacial score (nSPS) is 11.0. The fraction of sp³-hybridized carbons (Fsp3) is 0.250. The van der Waals surface area contributed by atoms with Crippen LogP contribution in [0.5, 0.6) is 0 Å². The number of halogens is 2. The van der Waals surface area contributed by atoms with Crippen LogP contribution in [0, 0.1) is 0 Å². The highest BCUT2D eigenvalue weighted by molar-refractivity contribution is 9.10. The van der Waals surface area contributed by atoms with E-state index < -0.39 is 5.97 Å². The Morgan fingerprint density at radius 2 is 2.16 bits per heavy atom. The standard InChI is InChI=1S/C12H11BrClN3O2/c1-6(2)11-15-10(12(18)19)16-17(11)7-3-4-9(14)8(13)5-7/h3-6H,1-2H3,(H,18,19). The van der Waals surface area contributed by atoms with E-state index >= 15 is 0 Å². The molecule has 0 aliphatic rings. The van der Waals surface area contributed by atoms with Crippen LogP contribution in [0.15, 0.2) is 22.7 Å². The quantitative estimate of drug-likeness (QED) is 0.925. The Morgan fingerprint density at radius 1 is 1.47 bits per heavy atom. The molecule has 1 aromatic heterocycles. The molecule has 0 spiro atoms. The van der Waals surface area contributed by atoms with Gasteiger partial charge in [-0.3, -0.25) is 0 Å². The first-order valence-electron chi connectivity index (χ1n) is 5.56. The van der Waals surface area contributed by atoms with Crippen molar-refractivity contribution in [3.05, 3.63) is 39.3 Å². The van der Waals surface area contributed by atoms with Gasteiger partial charge in [0.05, 0.1) is 10.7 Å². The van der Waals surface area contributed by atoms with Gasteiger partial charge in [-0.1, -0.05) is 25.4 Å². The number of hydrogen-bond acceptors (Lipinski definition) is 3. The topological polar surface area (TPSA) is 68.0 Å². The van der Waals surface area contributed by atoms with Crippen molar-refractivity contribution in [3.8, 4) is 5.69 Å². The molecule has 1 N–H and O–H groups in total. The molecule has 5 nitrogen and oxygen atoms in total. The van der Waals surface area contributed by atoms with Crippen molar-refractivity contribution in [2.45, 2.75) is 19.8 Å². The Balaban J connectivity index is 2.59. The van der Waals surface area contributed by atoms with Crippen molar-refractivity contribution in [3.63, 3.8) is 0 Å². The van der Waals surface area contributed by atoms with E-state index in [2.05, 4.69) is 26.0 Å². The fourth-order valence-corrected chi connectivity index (χ4v) is 2.08. The van der Waals surface area contributed by atoms with Crippen molar-refractivity contribution in [2.75, 3.05) is 0 Å². The van der Waals surface area contributed by atoms with Gasteiger partial charge in [0.2, 0.25) is 0 Å². The Labute approximate surface area is 123 Å². The minimum absolute atomic E-state index is 0.0510. The van der Waals surface area contributed by atoms with Crippen LogP contribution in [0.1, 0.15) is 36.2 Å². The van der Waals surface area contributed by atoms with Gasteiger partial charge in [0.25, 0.3) is 5.82 Å². The van der Waals surface area contributed by atoms with Crippen molar-refractivity contribution in [1.82, 2.24) is 14.8 Å². The Morgan fingerprint density at radius 3 is 2.68 bits per heavy atom. The van der Waals surface area contributed by atoms with E-state index in [1.165, 1.54) is 4.68 Å². The molecule has 0 radical (unpaired) electrons. The maximum Gasteiger partial charge on any atom is 0.375 e. The number of hydrogen-bond donors (Lipinski definition) is 1. The second kappa shape index (κ2) is 5.30. The average molecular weight is 345 g/mol. The lowest BCUT2D eigenvalue weighted by molar-refractivity contribution is 0.0683. The molecule has 0 saturated carbocycles. The van der Waals surface area contributed by atoms with Gasteiger partial charge in [0, 0.05) is 10.4 Å². The fourth-order valence-electron chi connectivity index (χ4n) is 1.60. The van der Waals surface area contributed by atoms with Gasteiger partial charge >= 0.3 is 5.97 Å². The van der Waals surface area contributed by atoms with Crippen LogP contribution in [-0.4, -0.2) is 25.8 Å². The predicted octanol–water partition coefficient (Wildman–Crippen LogP) is 3.50. The molecular formula is C12H11BrClN3O2. The van der Waals surface area contributed by atoms with Crippen LogP contribution in [-0.2, 0) is 0 Å². The van der Waals surface area contributed by atoms with E-state index in [0.29, 0.717) is 21.0 Å². The minimum Gasteiger partial charge on any atom is -0.475 e. The number of aromatic nitrogens is 3. The first kappa shape index (κ1) is 14.0. The highest BCUT2D eigenvalue weighted by Crippen LogP contribution is 2.26. The molecule has 0 unspecified atom stereocenters. The summed E-state index contributed by atoms with van der Waals surface area (Å²) in [6.07, 6.45) is 0. The monoisotopic (exact) mass is 343 g/mol. The Bertz CT molecular complexity index is 640. The summed E-state index contributed by atoms with van der Waals surface area (Å²) in [4.78, 5) is 15.0. The lowest BCUT2D eigenvalue weighted by Gasteiger charge is -2.08. The van der Waals surface area contributed by atoms with Gasteiger partial charge in [-0.25, -0.2) is 14.5 Å². The molecule has 2 rings (SSSR count). The molecule has 0 saturated heterocycles. The molecule has 0 aliphatic heterocycles. The van der Waals surface area contributed by atoms with Crippen LogP contribution < -0.4 is 0 Å². The van der Waals surface area contributed by atoms with Gasteiger partial charge in [0.15, 0.2) is 0 Å². The van der Waals surface area contributed by atoms with Crippen LogP contribution in [0.4, 0.5) is 0 Å². The van der Waals surface area contributed by atoms with Crippen molar-refractivity contribution >= 4 is 33.5 Å². The minimum atomic E-state index is -1.14. The van der Waals surface area contributed by atoms with Gasteiger partial charge in [-0.2, -0.15) is 0 Å². The molecule has 2 aromatic rings. The smallest absolute Gasteiger partial charge is 0.375 e. The van der Waals surface area contributed by atoms with Gasteiger partial charge in [-0.05, 0) is 34.1 Å². The summed E-state index contributed by atoms with van der Waals surface area (Å²) < 4.78 is 2.24. The third-order valence-corrected chi connectivity index (χ3v) is 3.70. The summed E-state index contributed by atoms with van der Waals surface area (Å²) in [5.41, 5.74) is 0.708. The first-order valence-corrected chi connectivity index (χ1v) is 6.73. The molecule has 100 valence electrons. The highest BCUT2D eigenvalue weighted by atomic mass is 79.9. The van der Waals surface area contributed by atoms with E-state index in [4.69, 9.17) is 16.7 Å². The predicted molar refractivity (Wildman–Crippen MR) is 75.1 cm³/mol. The zero-order valence-electron chi connectivity index (χ0n) is 10.3. The van der Waals surface area contributed by atoms with E-state index in [0.717, 1.165) is 0 Å². The SMILES string of the molecule is CC(C)c1nc(C(=O)O)nn1-c1ccc(Cl)c(Br)c1. The van der Waals surface area contributed by atoms with E-state index in [1.807, 2.05) is 13.8 Å². The number of nitrogens with zero attached hydrogens (tertiary/aromatic N) is 3. The zero-order chi connectivity index (χ0) is 14.2. The van der Waals surface area contributed by atoms with E-state index in [1.54, 1.807) is 18.2 Å². The summed E-state index contributed by atoms with van der Waals surface area (Å²) in [5, 5.41) is 13.6. The maximum absolute atomic E-state index is 11.0. The average Bonchev–Trinajstić information content (AvgIpc) is 2.78. The molecule has 0 amide bonds. The number of carbonyl (C=O) groups is 1. The molecule has 1 heterocycles. The van der Waals surface area contributed by atoms with Crippen molar-refractivity contribution < 1.29 is 9.90 Å². The van der Waals surface area contributed by atoms with Crippen LogP contribution in [0.25, 0.3) is 5.69 Å². The van der Waals surface area contributed by atoms with E-state index in [-0.39, 0.29) is 11.7 Å². The highest BCUT2D eigenvalue weighted by Gasteiger charge is 2.18. The Kier molecular flexibility index (Phi) is 3.91. The lowest BCUT2D eigenvalue weighted by atomic mass is 10.2. The molecular weight excluding hydrogens is 334 g/mol.